The number of aromatic nitrogens is 3. The molecule has 0 atom stereocenters. The average molecular weight is 218 g/mol. The second-order valence-electron chi connectivity index (χ2n) is 4.52. The van der Waals surface area contributed by atoms with Gasteiger partial charge in [0.15, 0.2) is 0 Å². The van der Waals surface area contributed by atoms with E-state index in [9.17, 15) is 0 Å². The molecule has 0 saturated carbocycles. The molecule has 0 aliphatic carbocycles. The average Bonchev–Trinajstić information content (AvgIpc) is 2.55. The van der Waals surface area contributed by atoms with E-state index in [0.717, 1.165) is 29.9 Å². The molecule has 4 heteroatoms. The summed E-state index contributed by atoms with van der Waals surface area (Å²) in [5, 5.41) is 0. The largest absolute Gasteiger partial charge is 0.369 e. The molecule has 0 fully saturated rings. The number of hydrogen-bond acceptors (Lipinski definition) is 3. The Morgan fingerprint density at radius 1 is 1.44 bits per heavy atom. The maximum absolute atomic E-state index is 5.89. The Bertz CT molecular complexity index is 473. The highest BCUT2D eigenvalue weighted by molar-refractivity contribution is 5.76. The van der Waals surface area contributed by atoms with Crippen LogP contribution >= 0.6 is 0 Å². The van der Waals surface area contributed by atoms with Gasteiger partial charge in [0.25, 0.3) is 0 Å². The first kappa shape index (κ1) is 10.9. The number of imidazole rings is 1. The zero-order valence-corrected chi connectivity index (χ0v) is 9.85. The Kier molecular flexibility index (Phi) is 3.08. The fourth-order valence-electron chi connectivity index (χ4n) is 1.89. The molecule has 0 bridgehead atoms. The number of hydrogen-bond donors (Lipinski definition) is 1. The van der Waals surface area contributed by atoms with E-state index in [4.69, 9.17) is 5.73 Å². The number of aryl methyl sites for hydroxylation is 1. The highest BCUT2D eigenvalue weighted by atomic mass is 15.2. The normalized spacial score (nSPS) is 11.4. The van der Waals surface area contributed by atoms with Gasteiger partial charge in [0.2, 0.25) is 5.95 Å². The van der Waals surface area contributed by atoms with E-state index < -0.39 is 0 Å². The number of nitrogens with zero attached hydrogens (tertiary/aromatic N) is 3. The molecule has 0 aromatic carbocycles. The number of nitrogens with two attached hydrogens (primary N) is 1. The van der Waals surface area contributed by atoms with Gasteiger partial charge in [-0.25, -0.2) is 4.98 Å². The first-order valence-corrected chi connectivity index (χ1v) is 5.74. The van der Waals surface area contributed by atoms with E-state index in [-0.39, 0.29) is 0 Å². The molecule has 2 N–H and O–H groups in total. The van der Waals surface area contributed by atoms with Gasteiger partial charge >= 0.3 is 0 Å². The van der Waals surface area contributed by atoms with Crippen molar-refractivity contribution in [1.29, 1.82) is 0 Å². The SMILES string of the molecule is CC(C)CCCn1c(N)nc2cnccc21. The Morgan fingerprint density at radius 2 is 2.25 bits per heavy atom. The first-order valence-electron chi connectivity index (χ1n) is 5.74. The van der Waals surface area contributed by atoms with Crippen molar-refractivity contribution in [3.05, 3.63) is 18.5 Å². The highest BCUT2D eigenvalue weighted by Crippen LogP contribution is 2.17. The van der Waals surface area contributed by atoms with Crippen molar-refractivity contribution >= 4 is 17.0 Å². The Hall–Kier alpha value is -1.58. The van der Waals surface area contributed by atoms with Crippen LogP contribution in [0.5, 0.6) is 0 Å². The zero-order chi connectivity index (χ0) is 11.5. The van der Waals surface area contributed by atoms with Crippen LogP contribution in [0.25, 0.3) is 11.0 Å². The third-order valence-electron chi connectivity index (χ3n) is 2.74. The maximum atomic E-state index is 5.89. The van der Waals surface area contributed by atoms with Crippen LogP contribution in [0.2, 0.25) is 0 Å². The lowest BCUT2D eigenvalue weighted by Crippen LogP contribution is -2.04. The summed E-state index contributed by atoms with van der Waals surface area (Å²) in [6.07, 6.45) is 5.88. The zero-order valence-electron chi connectivity index (χ0n) is 9.85. The predicted molar refractivity (Wildman–Crippen MR) is 66.0 cm³/mol. The van der Waals surface area contributed by atoms with E-state index >= 15 is 0 Å². The van der Waals surface area contributed by atoms with Crippen molar-refractivity contribution in [3.8, 4) is 0 Å². The first-order chi connectivity index (χ1) is 7.68. The van der Waals surface area contributed by atoms with Crippen molar-refractivity contribution in [3.63, 3.8) is 0 Å². The van der Waals surface area contributed by atoms with Gasteiger partial charge < -0.3 is 10.3 Å². The van der Waals surface area contributed by atoms with Gasteiger partial charge in [-0.2, -0.15) is 0 Å². The number of nitrogen functional groups attached to an aromatic ring is 1. The van der Waals surface area contributed by atoms with Crippen molar-refractivity contribution in [1.82, 2.24) is 14.5 Å². The van der Waals surface area contributed by atoms with Crippen LogP contribution in [0.3, 0.4) is 0 Å². The third kappa shape index (κ3) is 2.15. The van der Waals surface area contributed by atoms with Crippen LogP contribution in [-0.2, 0) is 6.54 Å². The molecule has 2 rings (SSSR count). The smallest absolute Gasteiger partial charge is 0.201 e. The molecule has 0 saturated heterocycles. The Morgan fingerprint density at radius 3 is 3.00 bits per heavy atom. The summed E-state index contributed by atoms with van der Waals surface area (Å²) in [4.78, 5) is 8.33. The number of anilines is 1. The molecule has 86 valence electrons. The fourth-order valence-corrected chi connectivity index (χ4v) is 1.89. The predicted octanol–water partition coefficient (Wildman–Crippen LogP) is 2.45. The van der Waals surface area contributed by atoms with Crippen LogP contribution < -0.4 is 5.73 Å². The number of fused-ring (bicyclic) bond motifs is 1. The Balaban J connectivity index is 2.19. The van der Waals surface area contributed by atoms with Gasteiger partial charge in [-0.05, 0) is 24.8 Å². The lowest BCUT2D eigenvalue weighted by molar-refractivity contribution is 0.519. The van der Waals surface area contributed by atoms with Crippen LogP contribution in [-0.4, -0.2) is 14.5 Å². The molecule has 4 nitrogen and oxygen atoms in total. The second kappa shape index (κ2) is 4.51. The summed E-state index contributed by atoms with van der Waals surface area (Å²) >= 11 is 0. The molecular formula is C12H18N4. The van der Waals surface area contributed by atoms with Crippen molar-refractivity contribution in [2.75, 3.05) is 5.73 Å². The van der Waals surface area contributed by atoms with Gasteiger partial charge in [-0.3, -0.25) is 4.98 Å². The molecule has 0 aliphatic heterocycles. The molecule has 0 unspecified atom stereocenters. The summed E-state index contributed by atoms with van der Waals surface area (Å²) in [5.74, 6) is 1.32. The van der Waals surface area contributed by atoms with Gasteiger partial charge in [0, 0.05) is 12.7 Å². The molecule has 0 aliphatic rings. The molecule has 0 amide bonds. The molecular weight excluding hydrogens is 200 g/mol. The quantitative estimate of drug-likeness (QED) is 0.857. The third-order valence-corrected chi connectivity index (χ3v) is 2.74. The van der Waals surface area contributed by atoms with Crippen LogP contribution in [0.1, 0.15) is 26.7 Å². The van der Waals surface area contributed by atoms with E-state index in [1.165, 1.54) is 6.42 Å². The van der Waals surface area contributed by atoms with E-state index in [2.05, 4.69) is 28.4 Å². The fraction of sp³-hybridized carbons (Fsp3) is 0.500. The van der Waals surface area contributed by atoms with E-state index in [0.29, 0.717) is 5.95 Å². The minimum absolute atomic E-state index is 0.590. The minimum Gasteiger partial charge on any atom is -0.369 e. The van der Waals surface area contributed by atoms with Gasteiger partial charge in [0.05, 0.1) is 11.7 Å². The molecule has 0 radical (unpaired) electrons. The van der Waals surface area contributed by atoms with Crippen LogP contribution in [0, 0.1) is 5.92 Å². The number of rotatable bonds is 4. The maximum Gasteiger partial charge on any atom is 0.201 e. The van der Waals surface area contributed by atoms with Crippen LogP contribution in [0.4, 0.5) is 5.95 Å². The van der Waals surface area contributed by atoms with Crippen molar-refractivity contribution in [2.45, 2.75) is 33.2 Å². The van der Waals surface area contributed by atoms with Gasteiger partial charge in [0.1, 0.15) is 5.52 Å². The monoisotopic (exact) mass is 218 g/mol. The summed E-state index contributed by atoms with van der Waals surface area (Å²) < 4.78 is 2.07. The highest BCUT2D eigenvalue weighted by Gasteiger charge is 2.07. The molecule has 16 heavy (non-hydrogen) atoms. The summed E-state index contributed by atoms with van der Waals surface area (Å²) in [5.41, 5.74) is 7.85. The van der Waals surface area contributed by atoms with E-state index in [1.807, 2.05) is 6.07 Å². The topological polar surface area (TPSA) is 56.7 Å². The lowest BCUT2D eigenvalue weighted by Gasteiger charge is -2.07. The molecule has 2 aromatic rings. The van der Waals surface area contributed by atoms with Crippen molar-refractivity contribution < 1.29 is 0 Å². The summed E-state index contributed by atoms with van der Waals surface area (Å²) in [6, 6.07) is 1.97. The van der Waals surface area contributed by atoms with Gasteiger partial charge in [-0.15, -0.1) is 0 Å². The standard InChI is InChI=1S/C12H18N4/c1-9(2)4-3-7-16-11-5-6-14-8-10(11)15-12(16)13/h5-6,8-9H,3-4,7H2,1-2H3,(H2,13,15). The van der Waals surface area contributed by atoms with Gasteiger partial charge in [-0.1, -0.05) is 13.8 Å². The Labute approximate surface area is 95.5 Å². The van der Waals surface area contributed by atoms with Crippen molar-refractivity contribution in [2.24, 2.45) is 5.92 Å². The minimum atomic E-state index is 0.590. The molecule has 2 heterocycles. The summed E-state index contributed by atoms with van der Waals surface area (Å²) in [7, 11) is 0. The second-order valence-corrected chi connectivity index (χ2v) is 4.52. The van der Waals surface area contributed by atoms with E-state index in [1.54, 1.807) is 12.4 Å². The van der Waals surface area contributed by atoms with Crippen LogP contribution in [0.15, 0.2) is 18.5 Å². The lowest BCUT2D eigenvalue weighted by atomic mass is 10.1. The molecule has 2 aromatic heterocycles. The number of pyridine rings is 1. The summed E-state index contributed by atoms with van der Waals surface area (Å²) in [6.45, 7) is 5.41. The molecule has 0 spiro atoms.